The van der Waals surface area contributed by atoms with E-state index in [4.69, 9.17) is 14.9 Å². The molecule has 1 amide bonds. The molecule has 8 nitrogen and oxygen atoms in total. The van der Waals surface area contributed by atoms with Crippen LogP contribution >= 0.6 is 0 Å². The maximum Gasteiger partial charge on any atom is 0.267 e. The first-order valence-electron chi connectivity index (χ1n) is 9.69. The number of aromatic nitrogens is 2. The van der Waals surface area contributed by atoms with Crippen molar-refractivity contribution in [1.82, 2.24) is 10.2 Å². The van der Waals surface area contributed by atoms with E-state index in [0.29, 0.717) is 28.8 Å². The molecule has 2 aromatic heterocycles. The largest absolute Gasteiger partial charge is 0.497 e. The van der Waals surface area contributed by atoms with Crippen molar-refractivity contribution in [3.63, 3.8) is 0 Å². The highest BCUT2D eigenvalue weighted by Crippen LogP contribution is 2.29. The highest BCUT2D eigenvalue weighted by Gasteiger charge is 2.28. The third-order valence-electron chi connectivity index (χ3n) is 5.26. The summed E-state index contributed by atoms with van der Waals surface area (Å²) in [6, 6.07) is 14.4. The van der Waals surface area contributed by atoms with E-state index in [9.17, 15) is 14.4 Å². The van der Waals surface area contributed by atoms with Crippen molar-refractivity contribution in [2.24, 2.45) is 5.73 Å². The molecule has 2 aromatic carbocycles. The first-order valence-corrected chi connectivity index (χ1v) is 9.69. The number of nitrogens with one attached hydrogen (secondary N) is 2. The second kappa shape index (κ2) is 8.35. The number of carbonyl (C=O) groups is 1. The Balaban J connectivity index is 1.87. The second-order valence-corrected chi connectivity index (χ2v) is 7.24. The van der Waals surface area contributed by atoms with Crippen molar-refractivity contribution >= 4 is 16.9 Å². The van der Waals surface area contributed by atoms with Gasteiger partial charge >= 0.3 is 0 Å². The van der Waals surface area contributed by atoms with Gasteiger partial charge in [0.2, 0.25) is 5.91 Å². The zero-order chi connectivity index (χ0) is 22.0. The van der Waals surface area contributed by atoms with E-state index in [-0.39, 0.29) is 23.0 Å². The molecule has 4 aromatic rings. The Morgan fingerprint density at radius 2 is 1.90 bits per heavy atom. The quantitative estimate of drug-likeness (QED) is 0.423. The van der Waals surface area contributed by atoms with Gasteiger partial charge in [0.1, 0.15) is 11.3 Å². The van der Waals surface area contributed by atoms with E-state index in [0.717, 1.165) is 5.56 Å². The number of rotatable bonds is 7. The smallest absolute Gasteiger partial charge is 0.267 e. The van der Waals surface area contributed by atoms with Gasteiger partial charge in [0.15, 0.2) is 5.43 Å². The lowest BCUT2D eigenvalue weighted by molar-refractivity contribution is -0.118. The summed E-state index contributed by atoms with van der Waals surface area (Å²) in [6.07, 6.45) is 1.49. The minimum Gasteiger partial charge on any atom is -0.497 e. The van der Waals surface area contributed by atoms with Crippen molar-refractivity contribution in [2.75, 3.05) is 7.11 Å². The van der Waals surface area contributed by atoms with Crippen LogP contribution in [0.15, 0.2) is 68.8 Å². The van der Waals surface area contributed by atoms with E-state index >= 15 is 0 Å². The molecule has 4 N–H and O–H groups in total. The van der Waals surface area contributed by atoms with Gasteiger partial charge in [0, 0.05) is 35.6 Å². The average molecular weight is 419 g/mol. The van der Waals surface area contributed by atoms with Gasteiger partial charge in [-0.15, -0.1) is 0 Å². The highest BCUT2D eigenvalue weighted by molar-refractivity contribution is 5.80. The number of methoxy groups -OCH3 is 1. The summed E-state index contributed by atoms with van der Waals surface area (Å²) in [5.41, 5.74) is 7.10. The molecule has 0 aliphatic rings. The first kappa shape index (κ1) is 20.2. The number of hydrogen-bond acceptors (Lipinski definition) is 5. The summed E-state index contributed by atoms with van der Waals surface area (Å²) in [5.74, 6) is -1.01. The monoisotopic (exact) mass is 419 g/mol. The Kier molecular flexibility index (Phi) is 5.44. The van der Waals surface area contributed by atoms with Gasteiger partial charge in [-0.1, -0.05) is 30.3 Å². The average Bonchev–Trinajstić information content (AvgIpc) is 3.12. The molecule has 0 bridgehead atoms. The molecule has 0 aliphatic carbocycles. The summed E-state index contributed by atoms with van der Waals surface area (Å²) < 4.78 is 10.9. The maximum atomic E-state index is 13.3. The molecule has 0 saturated carbocycles. The molecule has 31 heavy (non-hydrogen) atoms. The molecule has 0 radical (unpaired) electrons. The molecule has 4 rings (SSSR count). The molecular weight excluding hydrogens is 398 g/mol. The first-order chi connectivity index (χ1) is 15.0. The molecule has 0 saturated heterocycles. The third-order valence-corrected chi connectivity index (χ3v) is 5.26. The SMILES string of the molecule is COc1ccc2occ(C(CC(N)=O)c3c(Cc4ccccc4)[nH][nH]c3=O)c(=O)c2c1. The van der Waals surface area contributed by atoms with Gasteiger partial charge in [-0.05, 0) is 23.8 Å². The normalized spacial score (nSPS) is 12.0. The van der Waals surface area contributed by atoms with Crippen LogP contribution < -0.4 is 21.5 Å². The lowest BCUT2D eigenvalue weighted by atomic mass is 9.87. The van der Waals surface area contributed by atoms with Gasteiger partial charge in [0.05, 0.1) is 18.8 Å². The summed E-state index contributed by atoms with van der Waals surface area (Å²) in [6.45, 7) is 0. The van der Waals surface area contributed by atoms with E-state index < -0.39 is 17.4 Å². The minimum absolute atomic E-state index is 0.180. The number of H-pyrrole nitrogens is 2. The molecule has 0 fully saturated rings. The van der Waals surface area contributed by atoms with Crippen LogP contribution in [0, 0.1) is 0 Å². The number of ether oxygens (including phenoxy) is 1. The number of aromatic amines is 2. The van der Waals surface area contributed by atoms with Crippen LogP contribution in [0.2, 0.25) is 0 Å². The Hall–Kier alpha value is -4.07. The fourth-order valence-corrected chi connectivity index (χ4v) is 3.77. The fraction of sp³-hybridized carbons (Fsp3) is 0.174. The fourth-order valence-electron chi connectivity index (χ4n) is 3.77. The lowest BCUT2D eigenvalue weighted by Crippen LogP contribution is -2.25. The molecule has 1 atom stereocenters. The maximum absolute atomic E-state index is 13.3. The van der Waals surface area contributed by atoms with Crippen LogP contribution in [0.1, 0.15) is 34.7 Å². The standard InChI is InChI=1S/C23H21N3O5/c1-30-14-7-8-19-16(10-14)22(28)17(12-31-19)15(11-20(24)27)21-18(25-26-23(21)29)9-13-5-3-2-4-6-13/h2-8,10,12,15H,9,11H2,1H3,(H2,24,27)(H2,25,26,29). The number of nitrogens with two attached hydrogens (primary N) is 1. The number of primary amides is 1. The Labute approximate surface area is 176 Å². The summed E-state index contributed by atoms with van der Waals surface area (Å²) >= 11 is 0. The van der Waals surface area contributed by atoms with Crippen molar-refractivity contribution in [3.8, 4) is 5.75 Å². The van der Waals surface area contributed by atoms with Crippen LogP contribution in [-0.2, 0) is 11.2 Å². The van der Waals surface area contributed by atoms with Crippen molar-refractivity contribution < 1.29 is 13.9 Å². The van der Waals surface area contributed by atoms with Crippen LogP contribution in [-0.4, -0.2) is 23.2 Å². The minimum atomic E-state index is -0.863. The molecule has 0 spiro atoms. The van der Waals surface area contributed by atoms with Gasteiger partial charge in [-0.2, -0.15) is 0 Å². The Bertz CT molecular complexity index is 1350. The van der Waals surface area contributed by atoms with E-state index in [2.05, 4.69) is 10.2 Å². The van der Waals surface area contributed by atoms with Crippen LogP contribution in [0.5, 0.6) is 5.75 Å². The van der Waals surface area contributed by atoms with Gasteiger partial charge < -0.3 is 20.0 Å². The lowest BCUT2D eigenvalue weighted by Gasteiger charge is -2.15. The molecule has 8 heteroatoms. The van der Waals surface area contributed by atoms with E-state index in [1.54, 1.807) is 18.2 Å². The molecule has 158 valence electrons. The predicted molar refractivity (Wildman–Crippen MR) is 115 cm³/mol. The zero-order valence-corrected chi connectivity index (χ0v) is 16.8. The van der Waals surface area contributed by atoms with E-state index in [1.807, 2.05) is 30.3 Å². The van der Waals surface area contributed by atoms with Crippen molar-refractivity contribution in [2.45, 2.75) is 18.8 Å². The topological polar surface area (TPSA) is 131 Å². The molecular formula is C23H21N3O5. The molecule has 1 unspecified atom stereocenters. The molecule has 2 heterocycles. The number of hydrogen-bond donors (Lipinski definition) is 3. The number of fused-ring (bicyclic) bond motifs is 1. The third kappa shape index (κ3) is 4.00. The van der Waals surface area contributed by atoms with Gasteiger partial charge in [-0.3, -0.25) is 19.5 Å². The number of benzene rings is 2. The zero-order valence-electron chi connectivity index (χ0n) is 16.8. The van der Waals surface area contributed by atoms with Crippen molar-refractivity contribution in [1.29, 1.82) is 0 Å². The van der Waals surface area contributed by atoms with Crippen molar-refractivity contribution in [3.05, 3.63) is 97.8 Å². The summed E-state index contributed by atoms with van der Waals surface area (Å²) in [7, 11) is 1.50. The highest BCUT2D eigenvalue weighted by atomic mass is 16.5. The number of amides is 1. The second-order valence-electron chi connectivity index (χ2n) is 7.24. The summed E-state index contributed by atoms with van der Waals surface area (Å²) in [4.78, 5) is 37.9. The van der Waals surface area contributed by atoms with Crippen LogP contribution in [0.3, 0.4) is 0 Å². The molecule has 0 aliphatic heterocycles. The van der Waals surface area contributed by atoms with Crippen LogP contribution in [0.25, 0.3) is 11.0 Å². The summed E-state index contributed by atoms with van der Waals surface area (Å²) in [5, 5.41) is 5.74. The number of carbonyl (C=O) groups excluding carboxylic acids is 1. The Morgan fingerprint density at radius 1 is 1.13 bits per heavy atom. The van der Waals surface area contributed by atoms with E-state index in [1.165, 1.54) is 13.4 Å². The Morgan fingerprint density at radius 3 is 2.61 bits per heavy atom. The van der Waals surface area contributed by atoms with Crippen LogP contribution in [0.4, 0.5) is 0 Å². The van der Waals surface area contributed by atoms with Gasteiger partial charge in [0.25, 0.3) is 5.56 Å². The predicted octanol–water partition coefficient (Wildman–Crippen LogP) is 2.42. The van der Waals surface area contributed by atoms with Gasteiger partial charge in [-0.25, -0.2) is 0 Å².